The van der Waals surface area contributed by atoms with Gasteiger partial charge in [0.15, 0.2) is 11.4 Å². The molecule has 1 heterocycles. The topological polar surface area (TPSA) is 67.5 Å². The number of allylic oxidation sites excluding steroid dienone is 3. The largest absolute Gasteiger partial charge is 0.507 e. The first-order chi connectivity index (χ1) is 11.6. The number of hydrogen-bond donors (Lipinski definition) is 1. The first-order valence-electron chi connectivity index (χ1n) is 7.35. The summed E-state index contributed by atoms with van der Waals surface area (Å²) in [4.78, 5) is 23.8. The van der Waals surface area contributed by atoms with Gasteiger partial charge >= 0.3 is 5.63 Å². The SMILES string of the molecule is O=C(/C=C/C=C/c1ccccc1)c1c(O)ccc2ccc(=O)oc12. The summed E-state index contributed by atoms with van der Waals surface area (Å²) in [6.45, 7) is 0. The molecule has 0 fully saturated rings. The summed E-state index contributed by atoms with van der Waals surface area (Å²) in [6.07, 6.45) is 6.48. The van der Waals surface area contributed by atoms with E-state index in [-0.39, 0.29) is 16.9 Å². The van der Waals surface area contributed by atoms with Gasteiger partial charge in [0.05, 0.1) is 0 Å². The van der Waals surface area contributed by atoms with E-state index in [0.717, 1.165) is 5.56 Å². The normalized spacial score (nSPS) is 11.5. The Morgan fingerprint density at radius 1 is 0.958 bits per heavy atom. The van der Waals surface area contributed by atoms with E-state index in [1.54, 1.807) is 24.3 Å². The number of fused-ring (bicyclic) bond motifs is 1. The molecule has 0 radical (unpaired) electrons. The summed E-state index contributed by atoms with van der Waals surface area (Å²) < 4.78 is 5.08. The van der Waals surface area contributed by atoms with Crippen LogP contribution >= 0.6 is 0 Å². The average Bonchev–Trinajstić information content (AvgIpc) is 2.59. The van der Waals surface area contributed by atoms with Crippen molar-refractivity contribution < 1.29 is 14.3 Å². The lowest BCUT2D eigenvalue weighted by atomic mass is 10.1. The fourth-order valence-corrected chi connectivity index (χ4v) is 2.32. The molecule has 2 aromatic carbocycles. The molecule has 24 heavy (non-hydrogen) atoms. The van der Waals surface area contributed by atoms with Gasteiger partial charge in [0, 0.05) is 11.5 Å². The second-order valence-electron chi connectivity index (χ2n) is 5.13. The van der Waals surface area contributed by atoms with E-state index >= 15 is 0 Å². The van der Waals surface area contributed by atoms with Crippen molar-refractivity contribution in [3.05, 3.63) is 94.4 Å². The number of carbonyl (C=O) groups excluding carboxylic acids is 1. The van der Waals surface area contributed by atoms with Crippen LogP contribution in [0.25, 0.3) is 17.0 Å². The number of aromatic hydroxyl groups is 1. The van der Waals surface area contributed by atoms with E-state index in [1.807, 2.05) is 36.4 Å². The van der Waals surface area contributed by atoms with Gasteiger partial charge in [0.1, 0.15) is 11.3 Å². The van der Waals surface area contributed by atoms with Crippen LogP contribution in [-0.2, 0) is 0 Å². The molecule has 0 unspecified atom stereocenters. The van der Waals surface area contributed by atoms with Gasteiger partial charge in [0.25, 0.3) is 0 Å². The van der Waals surface area contributed by atoms with Crippen LogP contribution in [0.4, 0.5) is 0 Å². The van der Waals surface area contributed by atoms with Gasteiger partial charge in [0.2, 0.25) is 0 Å². The molecule has 0 amide bonds. The molecule has 4 heteroatoms. The first kappa shape index (κ1) is 15.5. The van der Waals surface area contributed by atoms with Crippen molar-refractivity contribution in [2.45, 2.75) is 0 Å². The molecule has 118 valence electrons. The Balaban J connectivity index is 1.90. The number of phenols is 1. The molecular weight excluding hydrogens is 304 g/mol. The predicted molar refractivity (Wildman–Crippen MR) is 93.1 cm³/mol. The summed E-state index contributed by atoms with van der Waals surface area (Å²) in [7, 11) is 0. The summed E-state index contributed by atoms with van der Waals surface area (Å²) in [5.74, 6) is -0.663. The predicted octanol–water partition coefficient (Wildman–Crippen LogP) is 3.95. The van der Waals surface area contributed by atoms with Gasteiger partial charge in [-0.15, -0.1) is 0 Å². The Bertz CT molecular complexity index is 995. The molecular formula is C20H14O4. The number of phenolic OH excluding ortho intramolecular Hbond substituents is 1. The van der Waals surface area contributed by atoms with E-state index in [1.165, 1.54) is 18.2 Å². The summed E-state index contributed by atoms with van der Waals surface area (Å²) in [5, 5.41) is 10.5. The Morgan fingerprint density at radius 3 is 2.50 bits per heavy atom. The fourth-order valence-electron chi connectivity index (χ4n) is 2.32. The summed E-state index contributed by atoms with van der Waals surface area (Å²) >= 11 is 0. The third kappa shape index (κ3) is 3.33. The van der Waals surface area contributed by atoms with Crippen LogP contribution in [0.15, 0.2) is 82.0 Å². The maximum absolute atomic E-state index is 12.4. The zero-order chi connectivity index (χ0) is 16.9. The molecule has 1 N–H and O–H groups in total. The van der Waals surface area contributed by atoms with E-state index in [9.17, 15) is 14.7 Å². The minimum atomic E-state index is -0.574. The van der Waals surface area contributed by atoms with Crippen molar-refractivity contribution in [1.29, 1.82) is 0 Å². The van der Waals surface area contributed by atoms with E-state index in [0.29, 0.717) is 5.39 Å². The Labute approximate surface area is 138 Å². The zero-order valence-corrected chi connectivity index (χ0v) is 12.7. The highest BCUT2D eigenvalue weighted by molar-refractivity contribution is 6.13. The van der Waals surface area contributed by atoms with Gasteiger partial charge in [-0.2, -0.15) is 0 Å². The van der Waals surface area contributed by atoms with Gasteiger partial charge in [-0.1, -0.05) is 48.6 Å². The fraction of sp³-hybridized carbons (Fsp3) is 0. The molecule has 3 rings (SSSR count). The molecule has 0 aliphatic rings. The summed E-state index contributed by atoms with van der Waals surface area (Å²) in [6, 6.07) is 15.5. The second-order valence-corrected chi connectivity index (χ2v) is 5.13. The maximum Gasteiger partial charge on any atom is 0.336 e. The highest BCUT2D eigenvalue weighted by atomic mass is 16.4. The molecule has 0 bridgehead atoms. The van der Waals surface area contributed by atoms with Crippen LogP contribution in [0, 0.1) is 0 Å². The maximum atomic E-state index is 12.4. The lowest BCUT2D eigenvalue weighted by molar-refractivity contribution is 0.104. The minimum absolute atomic E-state index is 0.0189. The van der Waals surface area contributed by atoms with Gasteiger partial charge in [-0.3, -0.25) is 4.79 Å². The molecule has 0 aliphatic heterocycles. The van der Waals surface area contributed by atoms with Crippen molar-refractivity contribution in [3.8, 4) is 5.75 Å². The van der Waals surface area contributed by atoms with Crippen LogP contribution in [0.1, 0.15) is 15.9 Å². The molecule has 0 spiro atoms. The molecule has 0 saturated carbocycles. The monoisotopic (exact) mass is 318 g/mol. The van der Waals surface area contributed by atoms with Gasteiger partial charge < -0.3 is 9.52 Å². The van der Waals surface area contributed by atoms with Gasteiger partial charge in [-0.05, 0) is 29.8 Å². The molecule has 3 aromatic rings. The smallest absolute Gasteiger partial charge is 0.336 e. The molecule has 0 saturated heterocycles. The third-order valence-electron chi connectivity index (χ3n) is 3.46. The quantitative estimate of drug-likeness (QED) is 0.342. The second kappa shape index (κ2) is 6.79. The van der Waals surface area contributed by atoms with Crippen molar-refractivity contribution >= 4 is 22.8 Å². The Kier molecular flexibility index (Phi) is 4.38. The molecule has 0 aliphatic carbocycles. The highest BCUT2D eigenvalue weighted by Crippen LogP contribution is 2.26. The lowest BCUT2D eigenvalue weighted by Crippen LogP contribution is -2.01. The van der Waals surface area contributed by atoms with Crippen LogP contribution < -0.4 is 5.63 Å². The van der Waals surface area contributed by atoms with Crippen LogP contribution in [0.2, 0.25) is 0 Å². The van der Waals surface area contributed by atoms with Crippen molar-refractivity contribution in [2.75, 3.05) is 0 Å². The van der Waals surface area contributed by atoms with Crippen LogP contribution in [0.3, 0.4) is 0 Å². The Morgan fingerprint density at radius 2 is 1.71 bits per heavy atom. The van der Waals surface area contributed by atoms with Gasteiger partial charge in [-0.25, -0.2) is 4.79 Å². The standard InChI is InChI=1S/C20H14O4/c21-16(9-5-4-8-14-6-2-1-3-7-14)19-17(22)12-10-15-11-13-18(23)24-20(15)19/h1-13,22H/b8-4+,9-5+. The molecule has 4 nitrogen and oxygen atoms in total. The average molecular weight is 318 g/mol. The first-order valence-corrected chi connectivity index (χ1v) is 7.35. The Hall–Kier alpha value is -3.40. The zero-order valence-electron chi connectivity index (χ0n) is 12.7. The van der Waals surface area contributed by atoms with E-state index in [2.05, 4.69) is 0 Å². The minimum Gasteiger partial charge on any atom is -0.507 e. The number of hydrogen-bond acceptors (Lipinski definition) is 4. The van der Waals surface area contributed by atoms with E-state index < -0.39 is 11.4 Å². The lowest BCUT2D eigenvalue weighted by Gasteiger charge is -2.04. The number of ketones is 1. The van der Waals surface area contributed by atoms with Crippen molar-refractivity contribution in [2.24, 2.45) is 0 Å². The van der Waals surface area contributed by atoms with Crippen molar-refractivity contribution in [3.63, 3.8) is 0 Å². The number of benzene rings is 2. The van der Waals surface area contributed by atoms with Crippen molar-refractivity contribution in [1.82, 2.24) is 0 Å². The molecule has 1 aromatic heterocycles. The highest BCUT2D eigenvalue weighted by Gasteiger charge is 2.15. The number of rotatable bonds is 4. The van der Waals surface area contributed by atoms with E-state index in [4.69, 9.17) is 4.42 Å². The van der Waals surface area contributed by atoms with Crippen LogP contribution in [0.5, 0.6) is 5.75 Å². The van der Waals surface area contributed by atoms with Crippen LogP contribution in [-0.4, -0.2) is 10.9 Å². The summed E-state index contributed by atoms with van der Waals surface area (Å²) in [5.41, 5.74) is 0.502. The molecule has 0 atom stereocenters. The number of carbonyl (C=O) groups is 1. The third-order valence-corrected chi connectivity index (χ3v) is 3.46.